The number of pyridine rings is 1. The molecule has 1 aromatic heterocycles. The molecule has 0 saturated heterocycles. The number of rotatable bonds is 8. The van der Waals surface area contributed by atoms with E-state index >= 15 is 0 Å². The van der Waals surface area contributed by atoms with Crippen LogP contribution >= 0.6 is 0 Å². The van der Waals surface area contributed by atoms with Crippen LogP contribution in [0.15, 0.2) is 54.7 Å². The highest BCUT2D eigenvalue weighted by atomic mass is 16.1. The van der Waals surface area contributed by atoms with Gasteiger partial charge in [-0.05, 0) is 24.1 Å². The van der Waals surface area contributed by atoms with Crippen molar-refractivity contribution in [1.29, 1.82) is 0 Å². The molecule has 116 valence electrons. The van der Waals surface area contributed by atoms with Crippen LogP contribution in [0.25, 0.3) is 0 Å². The van der Waals surface area contributed by atoms with E-state index in [2.05, 4.69) is 15.6 Å². The SMILES string of the molecule is NC(CC(=O)NCCCNc1ccccn1)c1ccccc1. The molecule has 1 atom stereocenters. The number of hydrogen-bond donors (Lipinski definition) is 3. The molecule has 0 spiro atoms. The molecule has 5 heteroatoms. The average Bonchev–Trinajstić information content (AvgIpc) is 2.56. The highest BCUT2D eigenvalue weighted by Gasteiger charge is 2.10. The van der Waals surface area contributed by atoms with Gasteiger partial charge in [-0.1, -0.05) is 36.4 Å². The predicted octanol–water partition coefficient (Wildman–Crippen LogP) is 2.09. The molecule has 0 radical (unpaired) electrons. The molecular formula is C17H22N4O. The van der Waals surface area contributed by atoms with E-state index in [0.29, 0.717) is 13.0 Å². The lowest BCUT2D eigenvalue weighted by atomic mass is 10.0. The molecule has 1 heterocycles. The summed E-state index contributed by atoms with van der Waals surface area (Å²) in [4.78, 5) is 16.0. The molecule has 0 aliphatic heterocycles. The molecule has 0 fully saturated rings. The van der Waals surface area contributed by atoms with E-state index in [1.165, 1.54) is 0 Å². The minimum atomic E-state index is -0.257. The Balaban J connectivity index is 1.60. The first-order chi connectivity index (χ1) is 10.8. The number of hydrogen-bond acceptors (Lipinski definition) is 4. The maximum Gasteiger partial charge on any atom is 0.221 e. The second-order valence-corrected chi connectivity index (χ2v) is 5.07. The minimum Gasteiger partial charge on any atom is -0.370 e. The summed E-state index contributed by atoms with van der Waals surface area (Å²) in [6.45, 7) is 1.39. The topological polar surface area (TPSA) is 80.0 Å². The van der Waals surface area contributed by atoms with Crippen LogP contribution < -0.4 is 16.4 Å². The highest BCUT2D eigenvalue weighted by molar-refractivity contribution is 5.76. The van der Waals surface area contributed by atoms with Crippen LogP contribution in [0.2, 0.25) is 0 Å². The smallest absolute Gasteiger partial charge is 0.221 e. The number of carbonyl (C=O) groups excluding carboxylic acids is 1. The first-order valence-electron chi connectivity index (χ1n) is 7.48. The highest BCUT2D eigenvalue weighted by Crippen LogP contribution is 2.12. The fourth-order valence-corrected chi connectivity index (χ4v) is 2.09. The maximum atomic E-state index is 11.8. The summed E-state index contributed by atoms with van der Waals surface area (Å²) in [6, 6.07) is 15.1. The van der Waals surface area contributed by atoms with Crippen LogP contribution in [-0.2, 0) is 4.79 Å². The Morgan fingerprint density at radius 3 is 2.59 bits per heavy atom. The molecular weight excluding hydrogens is 276 g/mol. The number of nitrogens with zero attached hydrogens (tertiary/aromatic N) is 1. The van der Waals surface area contributed by atoms with Gasteiger partial charge >= 0.3 is 0 Å². The molecule has 1 unspecified atom stereocenters. The summed E-state index contributed by atoms with van der Waals surface area (Å²) in [5.41, 5.74) is 7.00. The van der Waals surface area contributed by atoms with Crippen LogP contribution in [0.3, 0.4) is 0 Å². The fraction of sp³-hybridized carbons (Fsp3) is 0.294. The van der Waals surface area contributed by atoms with Crippen molar-refractivity contribution in [2.75, 3.05) is 18.4 Å². The number of anilines is 1. The monoisotopic (exact) mass is 298 g/mol. The molecule has 0 saturated carbocycles. The summed E-state index contributed by atoms with van der Waals surface area (Å²) in [5.74, 6) is 0.828. The van der Waals surface area contributed by atoms with E-state index in [0.717, 1.165) is 24.3 Å². The predicted molar refractivity (Wildman–Crippen MR) is 88.3 cm³/mol. The van der Waals surface area contributed by atoms with E-state index < -0.39 is 0 Å². The van der Waals surface area contributed by atoms with Crippen molar-refractivity contribution in [3.63, 3.8) is 0 Å². The molecule has 5 nitrogen and oxygen atoms in total. The van der Waals surface area contributed by atoms with Gasteiger partial charge in [0.1, 0.15) is 5.82 Å². The van der Waals surface area contributed by atoms with Gasteiger partial charge in [0, 0.05) is 31.7 Å². The number of nitrogens with two attached hydrogens (primary N) is 1. The number of carbonyl (C=O) groups is 1. The number of amides is 1. The summed E-state index contributed by atoms with van der Waals surface area (Å²) in [6.07, 6.45) is 2.88. The first-order valence-corrected chi connectivity index (χ1v) is 7.48. The molecule has 4 N–H and O–H groups in total. The maximum absolute atomic E-state index is 11.8. The second kappa shape index (κ2) is 8.79. The van der Waals surface area contributed by atoms with E-state index in [9.17, 15) is 4.79 Å². The van der Waals surface area contributed by atoms with Crippen LogP contribution in [0.1, 0.15) is 24.4 Å². The minimum absolute atomic E-state index is 0.0193. The lowest BCUT2D eigenvalue weighted by molar-refractivity contribution is -0.121. The zero-order valence-electron chi connectivity index (χ0n) is 12.5. The van der Waals surface area contributed by atoms with Gasteiger partial charge in [-0.3, -0.25) is 4.79 Å². The van der Waals surface area contributed by atoms with Crippen molar-refractivity contribution in [2.24, 2.45) is 5.73 Å². The van der Waals surface area contributed by atoms with Crippen molar-refractivity contribution >= 4 is 11.7 Å². The van der Waals surface area contributed by atoms with Gasteiger partial charge in [0.2, 0.25) is 5.91 Å². The summed E-state index contributed by atoms with van der Waals surface area (Å²) >= 11 is 0. The van der Waals surface area contributed by atoms with Crippen molar-refractivity contribution in [1.82, 2.24) is 10.3 Å². The number of aromatic nitrogens is 1. The Labute approximate surface area is 130 Å². The second-order valence-electron chi connectivity index (χ2n) is 5.07. The zero-order chi connectivity index (χ0) is 15.6. The van der Waals surface area contributed by atoms with E-state index in [-0.39, 0.29) is 11.9 Å². The van der Waals surface area contributed by atoms with Crippen LogP contribution in [0.5, 0.6) is 0 Å². The van der Waals surface area contributed by atoms with E-state index in [4.69, 9.17) is 5.73 Å². The average molecular weight is 298 g/mol. The molecule has 0 bridgehead atoms. The largest absolute Gasteiger partial charge is 0.370 e. The molecule has 22 heavy (non-hydrogen) atoms. The number of benzene rings is 1. The Morgan fingerprint density at radius 1 is 1.09 bits per heavy atom. The van der Waals surface area contributed by atoms with Gasteiger partial charge in [-0.2, -0.15) is 0 Å². The number of nitrogens with one attached hydrogen (secondary N) is 2. The molecule has 0 aliphatic rings. The fourth-order valence-electron chi connectivity index (χ4n) is 2.09. The molecule has 0 aliphatic carbocycles. The van der Waals surface area contributed by atoms with Crippen LogP contribution in [-0.4, -0.2) is 24.0 Å². The van der Waals surface area contributed by atoms with Gasteiger partial charge in [0.15, 0.2) is 0 Å². The Morgan fingerprint density at radius 2 is 1.86 bits per heavy atom. The van der Waals surface area contributed by atoms with Crippen LogP contribution in [0.4, 0.5) is 5.82 Å². The third kappa shape index (κ3) is 5.54. The van der Waals surface area contributed by atoms with Gasteiger partial charge < -0.3 is 16.4 Å². The van der Waals surface area contributed by atoms with Gasteiger partial charge in [-0.25, -0.2) is 4.98 Å². The Hall–Kier alpha value is -2.40. The first kappa shape index (κ1) is 16.0. The normalized spacial score (nSPS) is 11.7. The third-order valence-electron chi connectivity index (χ3n) is 3.28. The van der Waals surface area contributed by atoms with Crippen molar-refractivity contribution < 1.29 is 4.79 Å². The Bertz CT molecular complexity index is 559. The van der Waals surface area contributed by atoms with Crippen molar-refractivity contribution in [3.05, 3.63) is 60.3 Å². The van der Waals surface area contributed by atoms with Gasteiger partial charge in [0.25, 0.3) is 0 Å². The third-order valence-corrected chi connectivity index (χ3v) is 3.28. The lowest BCUT2D eigenvalue weighted by Gasteiger charge is -2.12. The molecule has 2 aromatic rings. The summed E-state index contributed by atoms with van der Waals surface area (Å²) in [5, 5.41) is 6.09. The van der Waals surface area contributed by atoms with Gasteiger partial charge in [0.05, 0.1) is 0 Å². The zero-order valence-corrected chi connectivity index (χ0v) is 12.5. The quantitative estimate of drug-likeness (QED) is 0.652. The Kier molecular flexibility index (Phi) is 6.39. The summed E-state index contributed by atoms with van der Waals surface area (Å²) in [7, 11) is 0. The van der Waals surface area contributed by atoms with E-state index in [1.54, 1.807) is 6.20 Å². The molecule has 1 amide bonds. The molecule has 2 rings (SSSR count). The van der Waals surface area contributed by atoms with Crippen molar-refractivity contribution in [3.8, 4) is 0 Å². The lowest BCUT2D eigenvalue weighted by Crippen LogP contribution is -2.29. The van der Waals surface area contributed by atoms with Crippen molar-refractivity contribution in [2.45, 2.75) is 18.9 Å². The standard InChI is InChI=1S/C17H22N4O/c18-15(14-7-2-1-3-8-14)13-17(22)21-12-6-11-20-16-9-4-5-10-19-16/h1-5,7-10,15H,6,11-13,18H2,(H,19,20)(H,21,22). The van der Waals surface area contributed by atoms with Crippen LogP contribution in [0, 0.1) is 0 Å². The van der Waals surface area contributed by atoms with Gasteiger partial charge in [-0.15, -0.1) is 0 Å². The van der Waals surface area contributed by atoms with E-state index in [1.807, 2.05) is 48.5 Å². The summed E-state index contributed by atoms with van der Waals surface area (Å²) < 4.78 is 0. The molecule has 1 aromatic carbocycles.